The number of hydrogen-bond donors (Lipinski definition) is 1. The Labute approximate surface area is 171 Å². The molecule has 148 valence electrons. The quantitative estimate of drug-likeness (QED) is 0.515. The Hall–Kier alpha value is -3.13. The summed E-state index contributed by atoms with van der Waals surface area (Å²) in [4.78, 5) is 25.3. The van der Waals surface area contributed by atoms with E-state index in [2.05, 4.69) is 15.5 Å². The van der Waals surface area contributed by atoms with Crippen molar-refractivity contribution >= 4 is 34.3 Å². The lowest BCUT2D eigenvalue weighted by Crippen LogP contribution is -2.24. The summed E-state index contributed by atoms with van der Waals surface area (Å²) in [5.74, 6) is 0.591. The number of amides is 1. The fourth-order valence-corrected chi connectivity index (χ4v) is 4.10. The molecule has 0 fully saturated rings. The van der Waals surface area contributed by atoms with Gasteiger partial charge in [-0.25, -0.2) is 4.57 Å². The lowest BCUT2D eigenvalue weighted by molar-refractivity contribution is -0.118. The zero-order chi connectivity index (χ0) is 20.5. The first-order valence-electron chi connectivity index (χ1n) is 9.37. The van der Waals surface area contributed by atoms with Gasteiger partial charge in [0.15, 0.2) is 5.16 Å². The molecule has 0 radical (unpaired) electrons. The minimum absolute atomic E-state index is 0.0681. The molecule has 0 saturated carbocycles. The normalized spacial score (nSPS) is 11.3. The molecular weight excluding hydrogens is 386 g/mol. The number of nitrogens with one attached hydrogen (secondary N) is 1. The van der Waals surface area contributed by atoms with E-state index >= 15 is 0 Å². The third kappa shape index (κ3) is 3.40. The molecule has 2 aromatic carbocycles. The van der Waals surface area contributed by atoms with Gasteiger partial charge in [-0.05, 0) is 50.1 Å². The highest BCUT2D eigenvalue weighted by molar-refractivity contribution is 7.99. The first kappa shape index (κ1) is 19.2. The predicted molar refractivity (Wildman–Crippen MR) is 115 cm³/mol. The maximum atomic E-state index is 13.4. The third-order valence-electron chi connectivity index (χ3n) is 4.71. The maximum Gasteiger partial charge on any atom is 0.267 e. The Bertz CT molecular complexity index is 1290. The van der Waals surface area contributed by atoms with Crippen LogP contribution in [0.15, 0.2) is 52.4 Å². The summed E-state index contributed by atoms with van der Waals surface area (Å²) in [5, 5.41) is 12.5. The van der Waals surface area contributed by atoms with Crippen molar-refractivity contribution in [2.45, 2.75) is 25.9 Å². The van der Waals surface area contributed by atoms with Crippen molar-refractivity contribution in [3.05, 3.63) is 63.9 Å². The van der Waals surface area contributed by atoms with Crippen LogP contribution in [0.3, 0.4) is 0 Å². The summed E-state index contributed by atoms with van der Waals surface area (Å²) in [5.41, 5.74) is 3.37. The number of benzene rings is 2. The van der Waals surface area contributed by atoms with Crippen molar-refractivity contribution in [2.75, 3.05) is 12.3 Å². The molecule has 4 rings (SSSR count). The van der Waals surface area contributed by atoms with Crippen LogP contribution in [0.2, 0.25) is 0 Å². The Kier molecular flexibility index (Phi) is 5.10. The highest BCUT2D eigenvalue weighted by Gasteiger charge is 2.19. The van der Waals surface area contributed by atoms with Crippen LogP contribution in [0.25, 0.3) is 22.4 Å². The molecule has 2 aromatic heterocycles. The summed E-state index contributed by atoms with van der Waals surface area (Å²) in [6, 6.07) is 13.4. The van der Waals surface area contributed by atoms with Crippen molar-refractivity contribution in [1.29, 1.82) is 0 Å². The molecule has 0 saturated heterocycles. The standard InChI is InChI=1S/C21H21N5O2S/c1-4-22-18(27)12-29-21-24-23-20-25(17-11-13(2)9-10-14(17)3)19(28)15-7-5-6-8-16(15)26(20)21/h5-11H,4,12H2,1-3H3,(H,22,27). The largest absolute Gasteiger partial charge is 0.356 e. The number of nitrogens with zero attached hydrogens (tertiary/aromatic N) is 4. The fourth-order valence-electron chi connectivity index (χ4n) is 3.33. The molecule has 0 aliphatic carbocycles. The van der Waals surface area contributed by atoms with Crippen molar-refractivity contribution < 1.29 is 4.79 Å². The Balaban J connectivity index is 1.99. The monoisotopic (exact) mass is 407 g/mol. The summed E-state index contributed by atoms with van der Waals surface area (Å²) >= 11 is 1.30. The number of aryl methyl sites for hydroxylation is 2. The van der Waals surface area contributed by atoms with Gasteiger partial charge in [-0.1, -0.05) is 36.0 Å². The number of para-hydroxylation sites is 1. The van der Waals surface area contributed by atoms with Crippen LogP contribution >= 0.6 is 11.8 Å². The fraction of sp³-hybridized carbons (Fsp3) is 0.238. The molecule has 7 nitrogen and oxygen atoms in total. The molecule has 4 aromatic rings. The second-order valence-corrected chi connectivity index (χ2v) is 7.75. The molecule has 0 unspecified atom stereocenters. The molecule has 0 aliphatic heterocycles. The van der Waals surface area contributed by atoms with Gasteiger partial charge in [0, 0.05) is 6.54 Å². The van der Waals surface area contributed by atoms with Crippen molar-refractivity contribution in [1.82, 2.24) is 24.5 Å². The molecule has 0 atom stereocenters. The molecule has 8 heteroatoms. The van der Waals surface area contributed by atoms with Crippen molar-refractivity contribution in [3.8, 4) is 5.69 Å². The summed E-state index contributed by atoms with van der Waals surface area (Å²) in [6.07, 6.45) is 0. The van der Waals surface area contributed by atoms with Gasteiger partial charge in [0.05, 0.1) is 22.3 Å². The zero-order valence-electron chi connectivity index (χ0n) is 16.5. The summed E-state index contributed by atoms with van der Waals surface area (Å²) < 4.78 is 3.45. The number of fused-ring (bicyclic) bond motifs is 3. The number of thioether (sulfide) groups is 1. The Morgan fingerprint density at radius 3 is 2.72 bits per heavy atom. The van der Waals surface area contributed by atoms with Crippen molar-refractivity contribution in [2.24, 2.45) is 0 Å². The van der Waals surface area contributed by atoms with E-state index in [-0.39, 0.29) is 17.2 Å². The van der Waals surface area contributed by atoms with Gasteiger partial charge in [0.25, 0.3) is 5.56 Å². The number of carbonyl (C=O) groups excluding carboxylic acids is 1. The lowest BCUT2D eigenvalue weighted by atomic mass is 10.1. The number of hydrogen-bond acceptors (Lipinski definition) is 5. The molecule has 1 amide bonds. The van der Waals surface area contributed by atoms with Crippen LogP contribution in [-0.4, -0.2) is 37.4 Å². The van der Waals surface area contributed by atoms with Crippen LogP contribution in [-0.2, 0) is 4.79 Å². The molecule has 0 bridgehead atoms. The van der Waals surface area contributed by atoms with E-state index in [4.69, 9.17) is 0 Å². The molecular formula is C21H21N5O2S. The molecule has 2 heterocycles. The number of rotatable bonds is 5. The van der Waals surface area contributed by atoms with E-state index < -0.39 is 0 Å². The predicted octanol–water partition coefficient (Wildman–Crippen LogP) is 2.88. The van der Waals surface area contributed by atoms with Crippen LogP contribution in [0.1, 0.15) is 18.1 Å². The van der Waals surface area contributed by atoms with E-state index in [1.807, 2.05) is 61.6 Å². The second kappa shape index (κ2) is 7.71. The van der Waals surface area contributed by atoms with Gasteiger partial charge in [0.1, 0.15) is 0 Å². The van der Waals surface area contributed by atoms with Crippen LogP contribution < -0.4 is 10.9 Å². The van der Waals surface area contributed by atoms with Crippen molar-refractivity contribution in [3.63, 3.8) is 0 Å². The van der Waals surface area contributed by atoms with Gasteiger partial charge < -0.3 is 5.32 Å². The van der Waals surface area contributed by atoms with Crippen LogP contribution in [0, 0.1) is 13.8 Å². The average Bonchev–Trinajstić information content (AvgIpc) is 3.13. The molecule has 29 heavy (non-hydrogen) atoms. The second-order valence-electron chi connectivity index (χ2n) is 6.81. The summed E-state index contributed by atoms with van der Waals surface area (Å²) in [6.45, 7) is 6.41. The lowest BCUT2D eigenvalue weighted by Gasteiger charge is -2.14. The Morgan fingerprint density at radius 2 is 1.93 bits per heavy atom. The topological polar surface area (TPSA) is 81.3 Å². The highest BCUT2D eigenvalue weighted by Crippen LogP contribution is 2.24. The van der Waals surface area contributed by atoms with E-state index in [9.17, 15) is 9.59 Å². The van der Waals surface area contributed by atoms with Crippen LogP contribution in [0.4, 0.5) is 0 Å². The highest BCUT2D eigenvalue weighted by atomic mass is 32.2. The zero-order valence-corrected chi connectivity index (χ0v) is 17.3. The van der Waals surface area contributed by atoms with E-state index in [0.29, 0.717) is 22.9 Å². The third-order valence-corrected chi connectivity index (χ3v) is 5.64. The van der Waals surface area contributed by atoms with Gasteiger partial charge in [-0.2, -0.15) is 0 Å². The number of carbonyl (C=O) groups is 1. The molecule has 0 spiro atoms. The first-order valence-corrected chi connectivity index (χ1v) is 10.4. The van der Waals surface area contributed by atoms with Gasteiger partial charge in [0.2, 0.25) is 11.7 Å². The minimum Gasteiger partial charge on any atom is -0.356 e. The maximum absolute atomic E-state index is 13.4. The van der Waals surface area contributed by atoms with E-state index in [0.717, 1.165) is 22.3 Å². The first-order chi connectivity index (χ1) is 14.0. The number of aromatic nitrogens is 4. The molecule has 1 N–H and O–H groups in total. The van der Waals surface area contributed by atoms with Crippen LogP contribution in [0.5, 0.6) is 0 Å². The van der Waals surface area contributed by atoms with Gasteiger partial charge >= 0.3 is 0 Å². The molecule has 0 aliphatic rings. The smallest absolute Gasteiger partial charge is 0.267 e. The van der Waals surface area contributed by atoms with Gasteiger partial charge in [-0.15, -0.1) is 10.2 Å². The van der Waals surface area contributed by atoms with E-state index in [1.165, 1.54) is 11.8 Å². The van der Waals surface area contributed by atoms with Gasteiger partial charge in [-0.3, -0.25) is 14.0 Å². The minimum atomic E-state index is -0.144. The Morgan fingerprint density at radius 1 is 1.14 bits per heavy atom. The summed E-state index contributed by atoms with van der Waals surface area (Å²) in [7, 11) is 0. The van der Waals surface area contributed by atoms with E-state index in [1.54, 1.807) is 10.6 Å². The SMILES string of the molecule is CCNC(=O)CSc1nnc2n(-c3cc(C)ccc3C)c(=O)c3ccccc3n12. The average molecular weight is 407 g/mol.